The molecule has 2 nitrogen and oxygen atoms in total. The van der Waals surface area contributed by atoms with Crippen LogP contribution < -0.4 is 5.73 Å². The van der Waals surface area contributed by atoms with Gasteiger partial charge in [0, 0.05) is 18.8 Å². The molecule has 0 radical (unpaired) electrons. The van der Waals surface area contributed by atoms with Crippen LogP contribution in [0.3, 0.4) is 0 Å². The Morgan fingerprint density at radius 3 is 1.83 bits per heavy atom. The van der Waals surface area contributed by atoms with Gasteiger partial charge in [0.25, 0.3) is 0 Å². The topological polar surface area (TPSA) is 29.3 Å². The maximum atomic E-state index is 4.85. The Balaban J connectivity index is -0.000000322. The summed E-state index contributed by atoms with van der Waals surface area (Å²) >= 11 is 0. The summed E-state index contributed by atoms with van der Waals surface area (Å²) in [6.07, 6.45) is 9.43. The zero-order valence-electron chi connectivity index (χ0n) is 16.7. The molecule has 0 aliphatic carbocycles. The van der Waals surface area contributed by atoms with E-state index < -0.39 is 0 Å². The Morgan fingerprint density at radius 1 is 1.12 bits per heavy atom. The number of piperidine rings is 1. The van der Waals surface area contributed by atoms with Crippen LogP contribution in [-0.4, -0.2) is 24.5 Å². The highest BCUT2D eigenvalue weighted by atomic mass is 15.1. The van der Waals surface area contributed by atoms with E-state index in [1.165, 1.54) is 43.6 Å². The molecule has 0 aromatic rings. The summed E-state index contributed by atoms with van der Waals surface area (Å²) in [5, 5.41) is 0. The molecule has 0 spiro atoms. The highest BCUT2D eigenvalue weighted by molar-refractivity contribution is 5.15. The van der Waals surface area contributed by atoms with Gasteiger partial charge in [0.2, 0.25) is 0 Å². The van der Waals surface area contributed by atoms with Crippen molar-refractivity contribution in [2.75, 3.05) is 19.6 Å². The van der Waals surface area contributed by atoms with Crippen LogP contribution in [0.2, 0.25) is 0 Å². The summed E-state index contributed by atoms with van der Waals surface area (Å²) in [7, 11) is 0. The van der Waals surface area contributed by atoms with Crippen LogP contribution in [0, 0.1) is 11.8 Å². The van der Waals surface area contributed by atoms with E-state index in [2.05, 4.69) is 58.8 Å². The first-order valence-corrected chi connectivity index (χ1v) is 9.28. The highest BCUT2D eigenvalue weighted by Crippen LogP contribution is 2.16. The van der Waals surface area contributed by atoms with Crippen LogP contribution in [-0.2, 0) is 0 Å². The van der Waals surface area contributed by atoms with Gasteiger partial charge in [0.15, 0.2) is 0 Å². The van der Waals surface area contributed by atoms with Crippen LogP contribution in [0.4, 0.5) is 0 Å². The lowest BCUT2D eigenvalue weighted by Gasteiger charge is -2.29. The molecule has 1 aliphatic rings. The molecular formula is C22H46N2. The molecule has 0 unspecified atom stereocenters. The van der Waals surface area contributed by atoms with Crippen LogP contribution in [0.1, 0.15) is 74.7 Å². The Kier molecular flexibility index (Phi) is 21.2. The van der Waals surface area contributed by atoms with Gasteiger partial charge in [0.05, 0.1) is 0 Å². The minimum atomic E-state index is 0. The molecule has 0 saturated carbocycles. The van der Waals surface area contributed by atoms with Crippen molar-refractivity contribution < 1.29 is 0 Å². The van der Waals surface area contributed by atoms with Crippen LogP contribution in [0.5, 0.6) is 0 Å². The third-order valence-corrected chi connectivity index (χ3v) is 4.12. The van der Waals surface area contributed by atoms with Crippen molar-refractivity contribution in [2.24, 2.45) is 17.6 Å². The van der Waals surface area contributed by atoms with Crippen molar-refractivity contribution in [3.63, 3.8) is 0 Å². The molecule has 24 heavy (non-hydrogen) atoms. The van der Waals surface area contributed by atoms with Crippen molar-refractivity contribution in [3.8, 4) is 0 Å². The van der Waals surface area contributed by atoms with E-state index >= 15 is 0 Å². The SMILES string of the molecule is C.C=C(C)[C@H](C)C(C)C.C=C/C(=C\CC)N1CCCCC1.CCN. The zero-order valence-corrected chi connectivity index (χ0v) is 16.7. The summed E-state index contributed by atoms with van der Waals surface area (Å²) in [5.74, 6) is 1.42. The second-order valence-corrected chi connectivity index (χ2v) is 6.58. The first kappa shape index (κ1) is 27.8. The third kappa shape index (κ3) is 14.6. The third-order valence-electron chi connectivity index (χ3n) is 4.12. The number of hydrogen-bond acceptors (Lipinski definition) is 2. The van der Waals surface area contributed by atoms with E-state index in [-0.39, 0.29) is 7.43 Å². The number of hydrogen-bond donors (Lipinski definition) is 1. The van der Waals surface area contributed by atoms with Gasteiger partial charge in [-0.25, -0.2) is 0 Å². The van der Waals surface area contributed by atoms with Crippen molar-refractivity contribution in [1.82, 2.24) is 4.90 Å². The average Bonchev–Trinajstić information content (AvgIpc) is 2.53. The molecule has 1 fully saturated rings. The summed E-state index contributed by atoms with van der Waals surface area (Å²) in [4.78, 5) is 2.44. The number of nitrogens with zero attached hydrogens (tertiary/aromatic N) is 1. The van der Waals surface area contributed by atoms with Gasteiger partial charge in [0.1, 0.15) is 0 Å². The second kappa shape index (κ2) is 18.3. The van der Waals surface area contributed by atoms with E-state index in [1.807, 2.05) is 13.0 Å². The predicted molar refractivity (Wildman–Crippen MR) is 114 cm³/mol. The number of likely N-dealkylation sites (tertiary alicyclic amines) is 1. The Bertz CT molecular complexity index is 323. The molecule has 0 bridgehead atoms. The standard InChI is InChI=1S/C11H19N.C8H16.C2H7N.CH4/c1-3-8-11(4-2)12-9-6-5-7-10-12;1-6(2)8(5)7(3)4;1-2-3;/h4,8H,2-3,5-7,9-10H2,1H3;7-8H,1H2,2-5H3;2-3H2,1H3;1H4/b11-8+;;;/t;8-;;/m.0../s1. The fourth-order valence-electron chi connectivity index (χ4n) is 2.27. The molecule has 0 aromatic carbocycles. The van der Waals surface area contributed by atoms with Crippen molar-refractivity contribution in [2.45, 2.75) is 74.7 Å². The summed E-state index contributed by atoms with van der Waals surface area (Å²) in [6.45, 7) is 23.7. The normalized spacial score (nSPS) is 15.2. The minimum Gasteiger partial charge on any atom is -0.372 e. The monoisotopic (exact) mass is 338 g/mol. The lowest BCUT2D eigenvalue weighted by molar-refractivity contribution is 0.292. The van der Waals surface area contributed by atoms with E-state index in [0.29, 0.717) is 5.92 Å². The molecule has 0 amide bonds. The van der Waals surface area contributed by atoms with Crippen LogP contribution >= 0.6 is 0 Å². The molecule has 1 heterocycles. The summed E-state index contributed by atoms with van der Waals surface area (Å²) in [5.41, 5.74) is 7.47. The second-order valence-electron chi connectivity index (χ2n) is 6.58. The lowest BCUT2D eigenvalue weighted by atomic mass is 9.92. The number of rotatable bonds is 5. The summed E-state index contributed by atoms with van der Waals surface area (Å²) in [6, 6.07) is 0. The first-order valence-electron chi connectivity index (χ1n) is 9.28. The van der Waals surface area contributed by atoms with Crippen LogP contribution in [0.25, 0.3) is 0 Å². The smallest absolute Gasteiger partial charge is 0.0319 e. The minimum absolute atomic E-state index is 0. The predicted octanol–water partition coefficient (Wildman–Crippen LogP) is 6.41. The molecule has 0 aromatic heterocycles. The molecule has 144 valence electrons. The molecule has 2 heteroatoms. The van der Waals surface area contributed by atoms with Crippen molar-refractivity contribution in [3.05, 3.63) is 36.6 Å². The Labute approximate surface area is 153 Å². The van der Waals surface area contributed by atoms with Gasteiger partial charge in [-0.3, -0.25) is 0 Å². The Hall–Kier alpha value is -1.02. The highest BCUT2D eigenvalue weighted by Gasteiger charge is 2.09. The molecule has 1 aliphatic heterocycles. The molecule has 1 rings (SSSR count). The fraction of sp³-hybridized carbons (Fsp3) is 0.727. The van der Waals surface area contributed by atoms with Crippen molar-refractivity contribution in [1.29, 1.82) is 0 Å². The van der Waals surface area contributed by atoms with E-state index in [4.69, 9.17) is 5.73 Å². The average molecular weight is 339 g/mol. The molecule has 2 N–H and O–H groups in total. The molecule has 1 saturated heterocycles. The maximum Gasteiger partial charge on any atom is 0.0319 e. The van der Waals surface area contributed by atoms with E-state index in [1.54, 1.807) is 0 Å². The van der Waals surface area contributed by atoms with Gasteiger partial charge in [-0.2, -0.15) is 0 Å². The fourth-order valence-corrected chi connectivity index (χ4v) is 2.27. The maximum absolute atomic E-state index is 4.85. The van der Waals surface area contributed by atoms with Gasteiger partial charge < -0.3 is 10.6 Å². The van der Waals surface area contributed by atoms with Gasteiger partial charge in [-0.15, -0.1) is 0 Å². The lowest BCUT2D eigenvalue weighted by Crippen LogP contribution is -2.28. The molecular weight excluding hydrogens is 292 g/mol. The van der Waals surface area contributed by atoms with Crippen LogP contribution in [0.15, 0.2) is 36.6 Å². The Morgan fingerprint density at radius 2 is 1.58 bits per heavy atom. The molecule has 1 atom stereocenters. The summed E-state index contributed by atoms with van der Waals surface area (Å²) < 4.78 is 0. The van der Waals surface area contributed by atoms with Crippen molar-refractivity contribution >= 4 is 0 Å². The van der Waals surface area contributed by atoms with Gasteiger partial charge in [-0.1, -0.05) is 66.9 Å². The number of nitrogens with two attached hydrogens (primary N) is 1. The van der Waals surface area contributed by atoms with E-state index in [0.717, 1.165) is 18.9 Å². The van der Waals surface area contributed by atoms with Gasteiger partial charge in [-0.05, 0) is 57.1 Å². The van der Waals surface area contributed by atoms with Gasteiger partial charge >= 0.3 is 0 Å². The largest absolute Gasteiger partial charge is 0.372 e. The number of allylic oxidation sites excluding steroid dienone is 3. The quantitative estimate of drug-likeness (QED) is 0.463. The zero-order chi connectivity index (χ0) is 18.3. The first-order chi connectivity index (χ1) is 10.8. The van der Waals surface area contributed by atoms with E-state index in [9.17, 15) is 0 Å².